The van der Waals surface area contributed by atoms with Crippen LogP contribution in [0.1, 0.15) is 25.1 Å². The number of pyridine rings is 1. The van der Waals surface area contributed by atoms with Gasteiger partial charge < -0.3 is 10.2 Å². The zero-order chi connectivity index (χ0) is 12.3. The fourth-order valence-electron chi connectivity index (χ4n) is 1.48. The van der Waals surface area contributed by atoms with Crippen LogP contribution in [0.15, 0.2) is 18.3 Å². The average molecular weight is 219 g/mol. The van der Waals surface area contributed by atoms with Crippen LogP contribution in [0, 0.1) is 13.8 Å². The van der Waals surface area contributed by atoms with E-state index in [1.165, 1.54) is 6.07 Å². The second kappa shape index (κ2) is 4.84. The van der Waals surface area contributed by atoms with Crippen LogP contribution >= 0.6 is 0 Å². The van der Waals surface area contributed by atoms with Crippen LogP contribution in [0.3, 0.4) is 0 Å². The topological polar surface area (TPSA) is 53.4 Å². The number of hydrogen-bond acceptors (Lipinski definition) is 3. The molecule has 0 aliphatic heterocycles. The summed E-state index contributed by atoms with van der Waals surface area (Å²) >= 11 is 0. The zero-order valence-electron chi connectivity index (χ0n) is 10.1. The molecule has 0 bridgehead atoms. The standard InChI is InChI=1S/C11H11NO2.C2H6/c1-6-7(2)12-5-8-3-10(13)11(14)4-9(6)8;1-2/h3-5,13-14H,1-2H3;1-2H3. The molecule has 16 heavy (non-hydrogen) atoms. The van der Waals surface area contributed by atoms with E-state index in [1.54, 1.807) is 12.3 Å². The van der Waals surface area contributed by atoms with E-state index in [-0.39, 0.29) is 11.5 Å². The highest BCUT2D eigenvalue weighted by Gasteiger charge is 2.06. The lowest BCUT2D eigenvalue weighted by atomic mass is 10.1. The van der Waals surface area contributed by atoms with Crippen molar-refractivity contribution in [2.75, 3.05) is 0 Å². The summed E-state index contributed by atoms with van der Waals surface area (Å²) < 4.78 is 0. The van der Waals surface area contributed by atoms with Gasteiger partial charge >= 0.3 is 0 Å². The fraction of sp³-hybridized carbons (Fsp3) is 0.308. The number of rotatable bonds is 0. The van der Waals surface area contributed by atoms with Gasteiger partial charge in [0.25, 0.3) is 0 Å². The Hall–Kier alpha value is -1.77. The molecule has 1 aromatic heterocycles. The van der Waals surface area contributed by atoms with Crippen molar-refractivity contribution in [1.82, 2.24) is 4.98 Å². The molecule has 0 fully saturated rings. The molecule has 2 aromatic rings. The fourth-order valence-corrected chi connectivity index (χ4v) is 1.48. The molecule has 0 radical (unpaired) electrons. The summed E-state index contributed by atoms with van der Waals surface area (Å²) in [7, 11) is 0. The Morgan fingerprint density at radius 1 is 1.00 bits per heavy atom. The lowest BCUT2D eigenvalue weighted by molar-refractivity contribution is 0.405. The van der Waals surface area contributed by atoms with Crippen LogP contribution in [-0.4, -0.2) is 15.2 Å². The zero-order valence-corrected chi connectivity index (χ0v) is 10.1. The van der Waals surface area contributed by atoms with Gasteiger partial charge in [0.05, 0.1) is 0 Å². The highest BCUT2D eigenvalue weighted by molar-refractivity contribution is 5.88. The molecule has 0 amide bonds. The van der Waals surface area contributed by atoms with Gasteiger partial charge in [0.1, 0.15) is 0 Å². The smallest absolute Gasteiger partial charge is 0.158 e. The van der Waals surface area contributed by atoms with Gasteiger partial charge in [-0.15, -0.1) is 0 Å². The Labute approximate surface area is 95.4 Å². The third-order valence-corrected chi connectivity index (χ3v) is 2.49. The first-order valence-electron chi connectivity index (χ1n) is 5.37. The van der Waals surface area contributed by atoms with E-state index >= 15 is 0 Å². The number of benzene rings is 1. The molecule has 0 saturated heterocycles. The van der Waals surface area contributed by atoms with Crippen LogP contribution in [0.5, 0.6) is 11.5 Å². The summed E-state index contributed by atoms with van der Waals surface area (Å²) in [5, 5.41) is 20.4. The van der Waals surface area contributed by atoms with Crippen molar-refractivity contribution in [3.63, 3.8) is 0 Å². The van der Waals surface area contributed by atoms with Gasteiger partial charge in [-0.25, -0.2) is 0 Å². The van der Waals surface area contributed by atoms with Crippen molar-refractivity contribution in [2.45, 2.75) is 27.7 Å². The minimum atomic E-state index is -0.109. The van der Waals surface area contributed by atoms with E-state index < -0.39 is 0 Å². The number of aryl methyl sites for hydroxylation is 2. The highest BCUT2D eigenvalue weighted by Crippen LogP contribution is 2.31. The molecule has 0 unspecified atom stereocenters. The van der Waals surface area contributed by atoms with Gasteiger partial charge in [0, 0.05) is 17.3 Å². The van der Waals surface area contributed by atoms with Crippen molar-refractivity contribution in [3.05, 3.63) is 29.6 Å². The molecule has 0 saturated carbocycles. The van der Waals surface area contributed by atoms with Gasteiger partial charge in [-0.05, 0) is 36.9 Å². The maximum absolute atomic E-state index is 9.36. The SMILES string of the molecule is CC.Cc1ncc2cc(O)c(O)cc2c1C. The van der Waals surface area contributed by atoms with Crippen LogP contribution in [0.4, 0.5) is 0 Å². The van der Waals surface area contributed by atoms with Crippen molar-refractivity contribution in [1.29, 1.82) is 0 Å². The van der Waals surface area contributed by atoms with Gasteiger partial charge in [-0.3, -0.25) is 4.98 Å². The van der Waals surface area contributed by atoms with Crippen LogP contribution in [0.25, 0.3) is 10.8 Å². The summed E-state index contributed by atoms with van der Waals surface area (Å²) in [6.07, 6.45) is 1.69. The van der Waals surface area contributed by atoms with Crippen molar-refractivity contribution in [2.24, 2.45) is 0 Å². The Balaban J connectivity index is 0.000000606. The number of phenolic OH excluding ortho intramolecular Hbond substituents is 2. The quantitative estimate of drug-likeness (QED) is 0.668. The first-order valence-corrected chi connectivity index (χ1v) is 5.37. The summed E-state index contributed by atoms with van der Waals surface area (Å²) in [6, 6.07) is 3.08. The van der Waals surface area contributed by atoms with Crippen molar-refractivity contribution in [3.8, 4) is 11.5 Å². The molecule has 86 valence electrons. The number of aromatic nitrogens is 1. The third kappa shape index (κ3) is 2.08. The van der Waals surface area contributed by atoms with E-state index in [1.807, 2.05) is 27.7 Å². The van der Waals surface area contributed by atoms with E-state index in [9.17, 15) is 10.2 Å². The minimum absolute atomic E-state index is 0.0915. The van der Waals surface area contributed by atoms with Crippen molar-refractivity contribution < 1.29 is 10.2 Å². The summed E-state index contributed by atoms with van der Waals surface area (Å²) in [6.45, 7) is 7.86. The van der Waals surface area contributed by atoms with Crippen LogP contribution in [0.2, 0.25) is 0 Å². The number of nitrogens with zero attached hydrogens (tertiary/aromatic N) is 1. The average Bonchev–Trinajstić information content (AvgIpc) is 2.30. The van der Waals surface area contributed by atoms with Gasteiger partial charge in [-0.1, -0.05) is 13.8 Å². The maximum Gasteiger partial charge on any atom is 0.158 e. The van der Waals surface area contributed by atoms with Gasteiger partial charge in [0.2, 0.25) is 0 Å². The summed E-state index contributed by atoms with van der Waals surface area (Å²) in [5.41, 5.74) is 1.96. The van der Waals surface area contributed by atoms with E-state index in [4.69, 9.17) is 0 Å². The van der Waals surface area contributed by atoms with E-state index in [0.29, 0.717) is 0 Å². The molecule has 0 spiro atoms. The Morgan fingerprint density at radius 2 is 1.56 bits per heavy atom. The largest absolute Gasteiger partial charge is 0.504 e. The molecule has 3 nitrogen and oxygen atoms in total. The number of hydrogen-bond donors (Lipinski definition) is 2. The molecule has 0 aliphatic rings. The second-order valence-electron chi connectivity index (χ2n) is 3.40. The van der Waals surface area contributed by atoms with Crippen LogP contribution in [-0.2, 0) is 0 Å². The predicted octanol–water partition coefficient (Wildman–Crippen LogP) is 3.29. The summed E-state index contributed by atoms with van der Waals surface area (Å²) in [4.78, 5) is 4.18. The van der Waals surface area contributed by atoms with Crippen molar-refractivity contribution >= 4 is 10.8 Å². The number of phenols is 2. The third-order valence-electron chi connectivity index (χ3n) is 2.49. The van der Waals surface area contributed by atoms with E-state index in [0.717, 1.165) is 22.0 Å². The van der Waals surface area contributed by atoms with Gasteiger partial charge in [0.15, 0.2) is 11.5 Å². The normalized spacial score (nSPS) is 9.75. The second-order valence-corrected chi connectivity index (χ2v) is 3.40. The predicted molar refractivity (Wildman–Crippen MR) is 65.9 cm³/mol. The Morgan fingerprint density at radius 3 is 2.19 bits per heavy atom. The molecular weight excluding hydrogens is 202 g/mol. The molecule has 3 heteroatoms. The Kier molecular flexibility index (Phi) is 3.72. The Bertz CT molecular complexity index is 507. The van der Waals surface area contributed by atoms with E-state index in [2.05, 4.69) is 4.98 Å². The summed E-state index contributed by atoms with van der Waals surface area (Å²) in [5.74, 6) is -0.200. The monoisotopic (exact) mass is 219 g/mol. The molecule has 1 aromatic carbocycles. The lowest BCUT2D eigenvalue weighted by Crippen LogP contribution is -1.88. The minimum Gasteiger partial charge on any atom is -0.504 e. The van der Waals surface area contributed by atoms with Crippen LogP contribution < -0.4 is 0 Å². The highest BCUT2D eigenvalue weighted by atomic mass is 16.3. The number of fused-ring (bicyclic) bond motifs is 1. The molecule has 0 atom stereocenters. The lowest BCUT2D eigenvalue weighted by Gasteiger charge is -2.06. The molecule has 2 rings (SSSR count). The number of aromatic hydroxyl groups is 2. The first-order chi connectivity index (χ1) is 7.59. The maximum atomic E-state index is 9.36. The van der Waals surface area contributed by atoms with Gasteiger partial charge in [-0.2, -0.15) is 0 Å². The molecule has 0 aliphatic carbocycles. The molecular formula is C13H17NO2. The first kappa shape index (κ1) is 12.3. The molecule has 2 N–H and O–H groups in total. The molecule has 1 heterocycles.